The van der Waals surface area contributed by atoms with Gasteiger partial charge in [-0.2, -0.15) is 18.3 Å². The number of hydrogen-bond acceptors (Lipinski definition) is 4. The first kappa shape index (κ1) is 16.9. The number of nitrogens with zero attached hydrogens (tertiary/aromatic N) is 4. The van der Waals surface area contributed by atoms with Crippen LogP contribution in [0.15, 0.2) is 28.9 Å². The molecule has 0 bridgehead atoms. The van der Waals surface area contributed by atoms with Gasteiger partial charge in [0.25, 0.3) is 0 Å². The van der Waals surface area contributed by atoms with Gasteiger partial charge in [-0.1, -0.05) is 0 Å². The molecule has 6 nitrogen and oxygen atoms in total. The molecule has 4 rings (SSSR count). The van der Waals surface area contributed by atoms with Gasteiger partial charge in [0, 0.05) is 31.0 Å². The Labute approximate surface area is 147 Å². The van der Waals surface area contributed by atoms with Crippen molar-refractivity contribution in [3.05, 3.63) is 47.3 Å². The van der Waals surface area contributed by atoms with E-state index in [4.69, 9.17) is 4.42 Å². The van der Waals surface area contributed by atoms with Crippen LogP contribution in [0.1, 0.15) is 29.2 Å². The number of aryl methyl sites for hydroxylation is 2. The first-order valence-electron chi connectivity index (χ1n) is 8.37. The van der Waals surface area contributed by atoms with Gasteiger partial charge in [0.15, 0.2) is 5.82 Å². The average molecular weight is 365 g/mol. The lowest BCUT2D eigenvalue weighted by molar-refractivity contribution is -0.154. The Hall–Kier alpha value is -2.55. The van der Waals surface area contributed by atoms with Crippen LogP contribution in [0.5, 0.6) is 0 Å². The first-order chi connectivity index (χ1) is 12.4. The summed E-state index contributed by atoms with van der Waals surface area (Å²) in [4.78, 5) is 4.30. The van der Waals surface area contributed by atoms with Gasteiger partial charge in [-0.3, -0.25) is 4.68 Å². The zero-order chi connectivity index (χ0) is 18.3. The molecule has 0 radical (unpaired) electrons. The molecule has 1 N–H and O–H groups in total. The Balaban J connectivity index is 1.67. The maximum absolute atomic E-state index is 13.2. The van der Waals surface area contributed by atoms with Crippen LogP contribution in [0.2, 0.25) is 0 Å². The van der Waals surface area contributed by atoms with Crippen LogP contribution in [0, 0.1) is 6.92 Å². The molecule has 0 atom stereocenters. The molecule has 3 aromatic heterocycles. The van der Waals surface area contributed by atoms with E-state index >= 15 is 0 Å². The second kappa shape index (κ2) is 6.31. The monoisotopic (exact) mass is 365 g/mol. The number of rotatable bonds is 3. The molecule has 0 aromatic carbocycles. The second-order valence-corrected chi connectivity index (χ2v) is 6.36. The molecule has 138 valence electrons. The molecule has 0 saturated heterocycles. The van der Waals surface area contributed by atoms with E-state index < -0.39 is 11.9 Å². The lowest BCUT2D eigenvalue weighted by atomic mass is 10.2. The zero-order valence-corrected chi connectivity index (χ0v) is 14.2. The van der Waals surface area contributed by atoms with E-state index in [0.717, 1.165) is 25.2 Å². The minimum Gasteiger partial charge on any atom is -0.456 e. The number of imidazole rings is 1. The minimum absolute atomic E-state index is 0.0158. The molecular formula is C17H18F3N5O. The molecule has 9 heteroatoms. The summed E-state index contributed by atoms with van der Waals surface area (Å²) in [7, 11) is 0. The Morgan fingerprint density at radius 2 is 2.15 bits per heavy atom. The molecule has 0 aliphatic carbocycles. The summed E-state index contributed by atoms with van der Waals surface area (Å²) in [6, 6.07) is 3.35. The maximum atomic E-state index is 13.2. The fourth-order valence-corrected chi connectivity index (χ4v) is 3.25. The third-order valence-electron chi connectivity index (χ3n) is 4.37. The first-order valence-corrected chi connectivity index (χ1v) is 8.37. The van der Waals surface area contributed by atoms with Crippen LogP contribution >= 0.6 is 0 Å². The molecule has 0 amide bonds. The largest absolute Gasteiger partial charge is 0.456 e. The molecule has 1 aliphatic rings. The highest BCUT2D eigenvalue weighted by Gasteiger charge is 2.38. The van der Waals surface area contributed by atoms with Gasteiger partial charge in [-0.25, -0.2) is 4.98 Å². The Morgan fingerprint density at radius 1 is 1.31 bits per heavy atom. The van der Waals surface area contributed by atoms with Crippen LogP contribution < -0.4 is 5.32 Å². The zero-order valence-electron chi connectivity index (χ0n) is 14.2. The average Bonchev–Trinajstić information content (AvgIpc) is 3.23. The Morgan fingerprint density at radius 3 is 2.96 bits per heavy atom. The molecule has 3 aromatic rings. The van der Waals surface area contributed by atoms with Crippen molar-refractivity contribution in [2.45, 2.75) is 39.2 Å². The lowest BCUT2D eigenvalue weighted by Gasteiger charge is -2.08. The highest BCUT2D eigenvalue weighted by Crippen LogP contribution is 2.35. The summed E-state index contributed by atoms with van der Waals surface area (Å²) in [5.41, 5.74) is 1.78. The fraction of sp³-hybridized carbons (Fsp3) is 0.412. The number of aromatic nitrogens is 4. The summed E-state index contributed by atoms with van der Waals surface area (Å²) in [6.45, 7) is 3.98. The van der Waals surface area contributed by atoms with E-state index in [1.165, 1.54) is 13.0 Å². The predicted molar refractivity (Wildman–Crippen MR) is 87.3 cm³/mol. The van der Waals surface area contributed by atoms with E-state index in [1.807, 2.05) is 10.7 Å². The smallest absolute Gasteiger partial charge is 0.449 e. The van der Waals surface area contributed by atoms with Gasteiger partial charge in [0.1, 0.15) is 11.5 Å². The molecule has 0 saturated carbocycles. The molecular weight excluding hydrogens is 347 g/mol. The fourth-order valence-electron chi connectivity index (χ4n) is 3.25. The summed E-state index contributed by atoms with van der Waals surface area (Å²) in [6.07, 6.45) is -0.327. The molecule has 0 unspecified atom stereocenters. The van der Waals surface area contributed by atoms with Gasteiger partial charge in [0.2, 0.25) is 5.76 Å². The summed E-state index contributed by atoms with van der Waals surface area (Å²) in [5.74, 6) is -0.189. The van der Waals surface area contributed by atoms with Gasteiger partial charge >= 0.3 is 6.18 Å². The van der Waals surface area contributed by atoms with Crippen molar-refractivity contribution in [1.82, 2.24) is 24.6 Å². The summed E-state index contributed by atoms with van der Waals surface area (Å²) in [5, 5.41) is 7.90. The van der Waals surface area contributed by atoms with Gasteiger partial charge in [-0.05, 0) is 32.0 Å². The molecule has 0 spiro atoms. The van der Waals surface area contributed by atoms with E-state index in [2.05, 4.69) is 15.4 Å². The lowest BCUT2D eigenvalue weighted by Crippen LogP contribution is -2.11. The van der Waals surface area contributed by atoms with Gasteiger partial charge < -0.3 is 14.3 Å². The van der Waals surface area contributed by atoms with Crippen LogP contribution in [0.25, 0.3) is 11.5 Å². The molecule has 1 aliphatic heterocycles. The number of alkyl halides is 3. The highest BCUT2D eigenvalue weighted by molar-refractivity contribution is 5.51. The molecule has 4 heterocycles. The number of furan rings is 1. The van der Waals surface area contributed by atoms with Gasteiger partial charge in [0.05, 0.1) is 12.2 Å². The number of nitrogens with one attached hydrogen (secondary N) is 1. The van der Waals surface area contributed by atoms with Crippen molar-refractivity contribution in [3.8, 4) is 11.5 Å². The standard InChI is InChI=1S/C17H18F3N5O/c1-11-7-12(15(26-11)17(18,19)20)10-24-6-4-22-16(24)14-8-13-9-21-3-2-5-25(13)23-14/h4,6-8,21H,2-3,5,9-10H2,1H3. The van der Waals surface area contributed by atoms with Crippen molar-refractivity contribution < 1.29 is 17.6 Å². The third kappa shape index (κ3) is 3.14. The maximum Gasteiger partial charge on any atom is 0.449 e. The van der Waals surface area contributed by atoms with Crippen LogP contribution in [0.4, 0.5) is 13.2 Å². The van der Waals surface area contributed by atoms with Gasteiger partial charge in [-0.15, -0.1) is 0 Å². The Kier molecular flexibility index (Phi) is 4.10. The van der Waals surface area contributed by atoms with Crippen molar-refractivity contribution in [1.29, 1.82) is 0 Å². The summed E-state index contributed by atoms with van der Waals surface area (Å²) >= 11 is 0. The van der Waals surface area contributed by atoms with E-state index in [0.29, 0.717) is 18.1 Å². The molecule has 26 heavy (non-hydrogen) atoms. The van der Waals surface area contributed by atoms with E-state index in [-0.39, 0.29) is 17.9 Å². The van der Waals surface area contributed by atoms with Crippen LogP contribution in [-0.4, -0.2) is 25.9 Å². The normalized spacial score (nSPS) is 15.1. The third-order valence-corrected chi connectivity index (χ3v) is 4.37. The molecule has 0 fully saturated rings. The van der Waals surface area contributed by atoms with Crippen molar-refractivity contribution in [2.75, 3.05) is 6.54 Å². The second-order valence-electron chi connectivity index (χ2n) is 6.36. The SMILES string of the molecule is Cc1cc(Cn2ccnc2-c2cc3n(n2)CCCNC3)c(C(F)(F)F)o1. The minimum atomic E-state index is -4.53. The topological polar surface area (TPSA) is 60.8 Å². The number of halogens is 3. The van der Waals surface area contributed by atoms with E-state index in [1.54, 1.807) is 17.0 Å². The van der Waals surface area contributed by atoms with Crippen molar-refractivity contribution in [3.63, 3.8) is 0 Å². The van der Waals surface area contributed by atoms with Crippen LogP contribution in [-0.2, 0) is 25.8 Å². The van der Waals surface area contributed by atoms with Crippen molar-refractivity contribution >= 4 is 0 Å². The quantitative estimate of drug-likeness (QED) is 0.774. The number of hydrogen-bond donors (Lipinski definition) is 1. The highest BCUT2D eigenvalue weighted by atomic mass is 19.4. The Bertz CT molecular complexity index is 898. The number of fused-ring (bicyclic) bond motifs is 1. The van der Waals surface area contributed by atoms with Crippen LogP contribution in [0.3, 0.4) is 0 Å². The predicted octanol–water partition coefficient (Wildman–Crippen LogP) is 3.21. The summed E-state index contributed by atoms with van der Waals surface area (Å²) < 4.78 is 48.0. The van der Waals surface area contributed by atoms with E-state index in [9.17, 15) is 13.2 Å². The van der Waals surface area contributed by atoms with Crippen molar-refractivity contribution in [2.24, 2.45) is 0 Å².